The molecular formula is C19H26N4O. The topological polar surface area (TPSA) is 61.3 Å². The van der Waals surface area contributed by atoms with Crippen LogP contribution in [0.3, 0.4) is 0 Å². The van der Waals surface area contributed by atoms with Crippen molar-refractivity contribution in [1.29, 1.82) is 0 Å². The van der Waals surface area contributed by atoms with Crippen molar-refractivity contribution in [2.45, 2.75) is 45.8 Å². The first-order chi connectivity index (χ1) is 11.7. The zero-order valence-corrected chi connectivity index (χ0v) is 14.5. The Bertz CT molecular complexity index is 689. The maximum absolute atomic E-state index is 9.34. The quantitative estimate of drug-likeness (QED) is 0.883. The van der Waals surface area contributed by atoms with Crippen molar-refractivity contribution in [1.82, 2.24) is 9.97 Å². The molecule has 2 heterocycles. The first kappa shape index (κ1) is 16.7. The Labute approximate surface area is 143 Å². The minimum absolute atomic E-state index is 0.0589. The maximum Gasteiger partial charge on any atom is 0.137 e. The van der Waals surface area contributed by atoms with Gasteiger partial charge < -0.3 is 15.3 Å². The molecule has 1 aromatic carbocycles. The molecule has 1 aliphatic heterocycles. The monoisotopic (exact) mass is 326 g/mol. The SMILES string of the molecule is CCc1ncc2c(n1)N(CC)CCCC2Nc1cccc(CO)c1. The molecule has 0 amide bonds. The fourth-order valence-corrected chi connectivity index (χ4v) is 3.25. The van der Waals surface area contributed by atoms with Gasteiger partial charge in [0.25, 0.3) is 0 Å². The van der Waals surface area contributed by atoms with Gasteiger partial charge in [-0.1, -0.05) is 19.1 Å². The summed E-state index contributed by atoms with van der Waals surface area (Å²) in [6.07, 6.45) is 4.99. The van der Waals surface area contributed by atoms with E-state index in [1.165, 1.54) is 5.56 Å². The van der Waals surface area contributed by atoms with Crippen molar-refractivity contribution in [2.24, 2.45) is 0 Å². The molecule has 0 saturated heterocycles. The summed E-state index contributed by atoms with van der Waals surface area (Å²) in [6.45, 7) is 6.31. The van der Waals surface area contributed by atoms with E-state index in [0.29, 0.717) is 0 Å². The van der Waals surface area contributed by atoms with E-state index in [2.05, 4.69) is 29.0 Å². The smallest absolute Gasteiger partial charge is 0.137 e. The number of benzene rings is 1. The molecule has 0 fully saturated rings. The van der Waals surface area contributed by atoms with Crippen LogP contribution in [0.1, 0.15) is 49.7 Å². The van der Waals surface area contributed by atoms with Crippen LogP contribution in [0.2, 0.25) is 0 Å². The number of aromatic nitrogens is 2. The van der Waals surface area contributed by atoms with E-state index in [-0.39, 0.29) is 12.6 Å². The van der Waals surface area contributed by atoms with E-state index in [1.54, 1.807) is 0 Å². The Balaban J connectivity index is 1.93. The van der Waals surface area contributed by atoms with Crippen LogP contribution in [0.25, 0.3) is 0 Å². The Morgan fingerprint density at radius 1 is 1.33 bits per heavy atom. The maximum atomic E-state index is 9.34. The molecule has 24 heavy (non-hydrogen) atoms. The summed E-state index contributed by atoms with van der Waals surface area (Å²) < 4.78 is 0. The minimum atomic E-state index is 0.0589. The molecule has 1 atom stereocenters. The van der Waals surface area contributed by atoms with E-state index in [1.807, 2.05) is 30.5 Å². The van der Waals surface area contributed by atoms with Crippen molar-refractivity contribution in [3.8, 4) is 0 Å². The average Bonchev–Trinajstić information content (AvgIpc) is 2.80. The van der Waals surface area contributed by atoms with Crippen molar-refractivity contribution in [3.05, 3.63) is 47.4 Å². The highest BCUT2D eigenvalue weighted by molar-refractivity contribution is 5.54. The third-order valence-corrected chi connectivity index (χ3v) is 4.59. The predicted octanol–water partition coefficient (Wildman–Crippen LogP) is 3.30. The molecule has 1 aliphatic rings. The highest BCUT2D eigenvalue weighted by Crippen LogP contribution is 2.33. The van der Waals surface area contributed by atoms with Gasteiger partial charge in [-0.3, -0.25) is 0 Å². The summed E-state index contributed by atoms with van der Waals surface area (Å²) in [4.78, 5) is 11.7. The zero-order valence-electron chi connectivity index (χ0n) is 14.5. The summed E-state index contributed by atoms with van der Waals surface area (Å²) >= 11 is 0. The molecule has 1 unspecified atom stereocenters. The van der Waals surface area contributed by atoms with Gasteiger partial charge in [-0.15, -0.1) is 0 Å². The van der Waals surface area contributed by atoms with E-state index in [9.17, 15) is 5.11 Å². The lowest BCUT2D eigenvalue weighted by atomic mass is 10.0. The van der Waals surface area contributed by atoms with Crippen molar-refractivity contribution >= 4 is 11.5 Å². The fraction of sp³-hybridized carbons (Fsp3) is 0.474. The molecule has 0 spiro atoms. The Hall–Kier alpha value is -2.14. The first-order valence-corrected chi connectivity index (χ1v) is 8.82. The van der Waals surface area contributed by atoms with E-state index >= 15 is 0 Å². The zero-order chi connectivity index (χ0) is 16.9. The summed E-state index contributed by atoms with van der Waals surface area (Å²) in [6, 6.07) is 8.14. The molecule has 5 nitrogen and oxygen atoms in total. The molecule has 2 aromatic rings. The molecule has 0 saturated carbocycles. The Kier molecular flexibility index (Phi) is 5.30. The highest BCUT2D eigenvalue weighted by atomic mass is 16.3. The van der Waals surface area contributed by atoms with Crippen LogP contribution in [0, 0.1) is 0 Å². The van der Waals surface area contributed by atoms with Gasteiger partial charge in [0.2, 0.25) is 0 Å². The Morgan fingerprint density at radius 3 is 2.96 bits per heavy atom. The van der Waals surface area contributed by atoms with Gasteiger partial charge in [-0.25, -0.2) is 9.97 Å². The molecule has 5 heteroatoms. The lowest BCUT2D eigenvalue weighted by Crippen LogP contribution is -2.25. The molecular weight excluding hydrogens is 300 g/mol. The number of anilines is 2. The van der Waals surface area contributed by atoms with Gasteiger partial charge in [-0.2, -0.15) is 0 Å². The second-order valence-electron chi connectivity index (χ2n) is 6.20. The molecule has 0 bridgehead atoms. The number of aliphatic hydroxyl groups excluding tert-OH is 1. The van der Waals surface area contributed by atoms with Crippen LogP contribution in [0.4, 0.5) is 11.5 Å². The van der Waals surface area contributed by atoms with Gasteiger partial charge >= 0.3 is 0 Å². The number of hydrogen-bond donors (Lipinski definition) is 2. The second-order valence-corrected chi connectivity index (χ2v) is 6.20. The number of fused-ring (bicyclic) bond motifs is 1. The number of nitrogens with one attached hydrogen (secondary N) is 1. The lowest BCUT2D eigenvalue weighted by Gasteiger charge is -2.24. The van der Waals surface area contributed by atoms with Crippen LogP contribution in [-0.4, -0.2) is 28.2 Å². The second kappa shape index (κ2) is 7.62. The van der Waals surface area contributed by atoms with E-state index in [4.69, 9.17) is 4.98 Å². The highest BCUT2D eigenvalue weighted by Gasteiger charge is 2.24. The largest absolute Gasteiger partial charge is 0.392 e. The van der Waals surface area contributed by atoms with Crippen molar-refractivity contribution in [2.75, 3.05) is 23.3 Å². The predicted molar refractivity (Wildman–Crippen MR) is 97.3 cm³/mol. The van der Waals surface area contributed by atoms with Crippen LogP contribution in [0.15, 0.2) is 30.5 Å². The Morgan fingerprint density at radius 2 is 2.21 bits per heavy atom. The van der Waals surface area contributed by atoms with Gasteiger partial charge in [0.05, 0.1) is 12.6 Å². The summed E-state index contributed by atoms with van der Waals surface area (Å²) in [5.41, 5.74) is 3.12. The van der Waals surface area contributed by atoms with Crippen molar-refractivity contribution in [3.63, 3.8) is 0 Å². The fourth-order valence-electron chi connectivity index (χ4n) is 3.25. The van der Waals surface area contributed by atoms with Crippen LogP contribution in [0.5, 0.6) is 0 Å². The summed E-state index contributed by atoms with van der Waals surface area (Å²) in [5.74, 6) is 1.97. The van der Waals surface area contributed by atoms with Crippen molar-refractivity contribution < 1.29 is 5.11 Å². The molecule has 3 rings (SSSR count). The third-order valence-electron chi connectivity index (χ3n) is 4.59. The number of hydrogen-bond acceptors (Lipinski definition) is 5. The van der Waals surface area contributed by atoms with Gasteiger partial charge in [0.15, 0.2) is 0 Å². The molecule has 0 radical (unpaired) electrons. The van der Waals surface area contributed by atoms with Crippen LogP contribution >= 0.6 is 0 Å². The summed E-state index contributed by atoms with van der Waals surface area (Å²) in [7, 11) is 0. The molecule has 128 valence electrons. The standard InChI is InChI=1S/C19H26N4O/c1-3-18-20-12-16-17(9-6-10-23(4-2)19(16)22-18)21-15-8-5-7-14(11-15)13-24/h5,7-8,11-12,17,21,24H,3-4,6,9-10,13H2,1-2H3. The minimum Gasteiger partial charge on any atom is -0.392 e. The van der Waals surface area contributed by atoms with Gasteiger partial charge in [-0.05, 0) is 37.5 Å². The van der Waals surface area contributed by atoms with Crippen LogP contribution < -0.4 is 10.2 Å². The number of nitrogens with zero attached hydrogens (tertiary/aromatic N) is 3. The third kappa shape index (κ3) is 3.51. The lowest BCUT2D eigenvalue weighted by molar-refractivity contribution is 0.282. The average molecular weight is 326 g/mol. The van der Waals surface area contributed by atoms with E-state index in [0.717, 1.165) is 55.2 Å². The molecule has 0 aliphatic carbocycles. The first-order valence-electron chi connectivity index (χ1n) is 8.82. The number of rotatable bonds is 5. The van der Waals surface area contributed by atoms with Gasteiger partial charge in [0.1, 0.15) is 11.6 Å². The van der Waals surface area contributed by atoms with Crippen LogP contribution in [-0.2, 0) is 13.0 Å². The number of aliphatic hydroxyl groups is 1. The summed E-state index contributed by atoms with van der Waals surface area (Å²) in [5, 5.41) is 13.0. The van der Waals surface area contributed by atoms with Gasteiger partial charge in [0, 0.05) is 37.0 Å². The van der Waals surface area contributed by atoms with E-state index < -0.39 is 0 Å². The number of aryl methyl sites for hydroxylation is 1. The molecule has 2 N–H and O–H groups in total. The normalized spacial score (nSPS) is 17.3. The molecule has 1 aromatic heterocycles.